The van der Waals surface area contributed by atoms with E-state index >= 15 is 0 Å². The van der Waals surface area contributed by atoms with E-state index in [2.05, 4.69) is 0 Å². The Morgan fingerprint density at radius 2 is 1.64 bits per heavy atom. The van der Waals surface area contributed by atoms with Crippen LogP contribution in [-0.4, -0.2) is 12.6 Å². The van der Waals surface area contributed by atoms with Crippen molar-refractivity contribution in [3.8, 4) is 0 Å². The number of hydrogen-bond acceptors (Lipinski definition) is 2. The molecule has 1 rings (SSSR count). The van der Waals surface area contributed by atoms with E-state index in [4.69, 9.17) is 11.6 Å². The van der Waals surface area contributed by atoms with Crippen LogP contribution in [0.1, 0.15) is 32.7 Å². The fourth-order valence-electron chi connectivity index (χ4n) is 0.994. The highest BCUT2D eigenvalue weighted by atomic mass is 35.5. The van der Waals surface area contributed by atoms with Crippen LogP contribution in [0.2, 0.25) is 5.02 Å². The number of rotatable bonds is 3. The van der Waals surface area contributed by atoms with E-state index in [1.54, 1.807) is 0 Å². The normalized spacial score (nSPS) is 10.3. The second-order valence-corrected chi connectivity index (χ2v) is 2.95. The smallest absolute Gasteiger partial charge is 0.265 e. The third-order valence-corrected chi connectivity index (χ3v) is 2.02. The zero-order valence-electron chi connectivity index (χ0n) is 6.84. The Morgan fingerprint density at radius 1 is 1.14 bits per heavy atom. The molecule has 0 aliphatic heterocycles. The Labute approximate surface area is 83.5 Å². The van der Waals surface area contributed by atoms with Crippen LogP contribution in [0.5, 0.6) is 0 Å². The van der Waals surface area contributed by atoms with E-state index < -0.39 is 12.0 Å². The molecule has 0 bridgehead atoms. The minimum atomic E-state index is -2.76. The number of hydrogen-bond donors (Lipinski definition) is 0. The molecule has 0 fully saturated rings. The maximum absolute atomic E-state index is 12.3. The molecular formula is C9H5ClF2O2. The molecule has 0 N–H and O–H groups in total. The van der Waals surface area contributed by atoms with Crippen LogP contribution in [-0.2, 0) is 0 Å². The Kier molecular flexibility index (Phi) is 3.30. The molecule has 1 aromatic rings. The molecule has 0 aliphatic rings. The van der Waals surface area contributed by atoms with Gasteiger partial charge in [-0.15, -0.1) is 0 Å². The lowest BCUT2D eigenvalue weighted by Crippen LogP contribution is -1.95. The average molecular weight is 219 g/mol. The lowest BCUT2D eigenvalue weighted by molar-refractivity contribution is 0.109. The summed E-state index contributed by atoms with van der Waals surface area (Å²) in [6.45, 7) is 0. The number of benzene rings is 1. The average Bonchev–Trinajstić information content (AvgIpc) is 2.16. The first-order valence-corrected chi connectivity index (χ1v) is 4.00. The SMILES string of the molecule is O=Cc1cc(Cl)c(C(F)F)cc1C=O. The first-order chi connectivity index (χ1) is 6.60. The van der Waals surface area contributed by atoms with E-state index in [-0.39, 0.29) is 16.1 Å². The highest BCUT2D eigenvalue weighted by Gasteiger charge is 2.15. The van der Waals surface area contributed by atoms with Crippen molar-refractivity contribution in [3.63, 3.8) is 0 Å². The molecule has 74 valence electrons. The van der Waals surface area contributed by atoms with E-state index in [1.807, 2.05) is 0 Å². The number of halogens is 3. The second-order valence-electron chi connectivity index (χ2n) is 2.54. The standard InChI is InChI=1S/C9H5ClF2O2/c10-8-2-6(4-14)5(3-13)1-7(8)9(11)12/h1-4,9H. The molecule has 0 saturated heterocycles. The van der Waals surface area contributed by atoms with E-state index in [1.165, 1.54) is 0 Å². The Hall–Kier alpha value is -1.29. The molecule has 14 heavy (non-hydrogen) atoms. The van der Waals surface area contributed by atoms with Crippen molar-refractivity contribution in [2.75, 3.05) is 0 Å². The van der Waals surface area contributed by atoms with Crippen LogP contribution in [0, 0.1) is 0 Å². The van der Waals surface area contributed by atoms with E-state index in [0.717, 1.165) is 12.1 Å². The van der Waals surface area contributed by atoms with Crippen LogP contribution in [0.4, 0.5) is 8.78 Å². The molecule has 0 saturated carbocycles. The first-order valence-electron chi connectivity index (χ1n) is 3.62. The fraction of sp³-hybridized carbons (Fsp3) is 0.111. The van der Waals surface area contributed by atoms with Crippen molar-refractivity contribution in [2.45, 2.75) is 6.43 Å². The summed E-state index contributed by atoms with van der Waals surface area (Å²) in [4.78, 5) is 20.8. The van der Waals surface area contributed by atoms with Crippen LogP contribution in [0.15, 0.2) is 12.1 Å². The van der Waals surface area contributed by atoms with Gasteiger partial charge in [-0.2, -0.15) is 0 Å². The number of aldehydes is 2. The zero-order valence-corrected chi connectivity index (χ0v) is 7.59. The molecular weight excluding hydrogens is 214 g/mol. The topological polar surface area (TPSA) is 34.1 Å². The molecule has 2 nitrogen and oxygen atoms in total. The molecule has 0 spiro atoms. The highest BCUT2D eigenvalue weighted by Crippen LogP contribution is 2.28. The molecule has 5 heteroatoms. The fourth-order valence-corrected chi connectivity index (χ4v) is 1.25. The van der Waals surface area contributed by atoms with Gasteiger partial charge >= 0.3 is 0 Å². The summed E-state index contributed by atoms with van der Waals surface area (Å²) in [5.41, 5.74) is -0.520. The summed E-state index contributed by atoms with van der Waals surface area (Å²) in [6, 6.07) is 1.98. The maximum atomic E-state index is 12.3. The van der Waals surface area contributed by atoms with Gasteiger partial charge in [-0.3, -0.25) is 9.59 Å². The van der Waals surface area contributed by atoms with Gasteiger partial charge in [0.25, 0.3) is 6.43 Å². The van der Waals surface area contributed by atoms with Gasteiger partial charge in [0.2, 0.25) is 0 Å². The van der Waals surface area contributed by atoms with Crippen molar-refractivity contribution in [1.82, 2.24) is 0 Å². The maximum Gasteiger partial charge on any atom is 0.265 e. The number of carbonyl (C=O) groups excluding carboxylic acids is 2. The molecule has 0 heterocycles. The highest BCUT2D eigenvalue weighted by molar-refractivity contribution is 6.31. The lowest BCUT2D eigenvalue weighted by Gasteiger charge is -2.05. The molecule has 0 aromatic heterocycles. The van der Waals surface area contributed by atoms with Crippen molar-refractivity contribution in [2.24, 2.45) is 0 Å². The quantitative estimate of drug-likeness (QED) is 0.731. The molecule has 0 unspecified atom stereocenters. The lowest BCUT2D eigenvalue weighted by atomic mass is 10.1. The number of carbonyl (C=O) groups is 2. The zero-order chi connectivity index (χ0) is 10.7. The summed E-state index contributed by atoms with van der Waals surface area (Å²) < 4.78 is 24.6. The van der Waals surface area contributed by atoms with Gasteiger partial charge in [0.05, 0.1) is 5.02 Å². The Bertz CT molecular complexity index is 377. The predicted molar refractivity (Wildman–Crippen MR) is 47.2 cm³/mol. The molecule has 1 aromatic carbocycles. The monoisotopic (exact) mass is 218 g/mol. The summed E-state index contributed by atoms with van der Waals surface area (Å²) >= 11 is 5.48. The van der Waals surface area contributed by atoms with E-state index in [0.29, 0.717) is 12.6 Å². The molecule has 0 radical (unpaired) electrons. The van der Waals surface area contributed by atoms with Crippen molar-refractivity contribution in [3.05, 3.63) is 33.8 Å². The third kappa shape index (κ3) is 1.96. The third-order valence-electron chi connectivity index (χ3n) is 1.69. The summed E-state index contributed by atoms with van der Waals surface area (Å²) in [6.07, 6.45) is -2.03. The number of alkyl halides is 2. The van der Waals surface area contributed by atoms with Crippen LogP contribution >= 0.6 is 11.6 Å². The van der Waals surface area contributed by atoms with Gasteiger partial charge < -0.3 is 0 Å². The van der Waals surface area contributed by atoms with Gasteiger partial charge in [0.1, 0.15) is 0 Å². The Morgan fingerprint density at radius 3 is 2.07 bits per heavy atom. The molecule has 0 amide bonds. The second kappa shape index (κ2) is 4.28. The van der Waals surface area contributed by atoms with Gasteiger partial charge in [0, 0.05) is 16.7 Å². The van der Waals surface area contributed by atoms with Crippen molar-refractivity contribution in [1.29, 1.82) is 0 Å². The van der Waals surface area contributed by atoms with Crippen LogP contribution in [0.3, 0.4) is 0 Å². The van der Waals surface area contributed by atoms with Gasteiger partial charge in [-0.1, -0.05) is 11.6 Å². The molecule has 0 atom stereocenters. The largest absolute Gasteiger partial charge is 0.298 e. The Balaban J connectivity index is 3.37. The van der Waals surface area contributed by atoms with Crippen molar-refractivity contribution < 1.29 is 18.4 Å². The summed E-state index contributed by atoms with van der Waals surface area (Å²) in [7, 11) is 0. The minimum absolute atomic E-state index is 0.00870. The summed E-state index contributed by atoms with van der Waals surface area (Å²) in [5.74, 6) is 0. The van der Waals surface area contributed by atoms with Gasteiger partial charge in [-0.05, 0) is 12.1 Å². The molecule has 0 aliphatic carbocycles. The van der Waals surface area contributed by atoms with Crippen molar-refractivity contribution >= 4 is 24.2 Å². The summed E-state index contributed by atoms with van der Waals surface area (Å²) in [5, 5.41) is -0.215. The minimum Gasteiger partial charge on any atom is -0.298 e. The van der Waals surface area contributed by atoms with E-state index in [9.17, 15) is 18.4 Å². The first kappa shape index (κ1) is 10.8. The van der Waals surface area contributed by atoms with Crippen LogP contribution < -0.4 is 0 Å². The predicted octanol–water partition coefficient (Wildman–Crippen LogP) is 2.90. The van der Waals surface area contributed by atoms with Gasteiger partial charge in [0.15, 0.2) is 12.6 Å². The van der Waals surface area contributed by atoms with Crippen LogP contribution in [0.25, 0.3) is 0 Å². The van der Waals surface area contributed by atoms with Gasteiger partial charge in [-0.25, -0.2) is 8.78 Å².